The Hall–Kier alpha value is -1.46. The van der Waals surface area contributed by atoms with E-state index in [1.54, 1.807) is 24.3 Å². The van der Waals surface area contributed by atoms with Gasteiger partial charge in [-0.25, -0.2) is 8.78 Å². The molecule has 0 aliphatic rings. The summed E-state index contributed by atoms with van der Waals surface area (Å²) in [6.45, 7) is 2.23. The summed E-state index contributed by atoms with van der Waals surface area (Å²) >= 11 is 2.90. The molecule has 0 saturated carbocycles. The molecule has 0 aliphatic heterocycles. The molecule has 0 radical (unpaired) electrons. The van der Waals surface area contributed by atoms with Crippen LogP contribution in [0, 0.1) is 11.6 Å². The molecule has 1 N–H and O–H groups in total. The van der Waals surface area contributed by atoms with E-state index in [9.17, 15) is 13.9 Å². The Kier molecular flexibility index (Phi) is 4.73. The maximum absolute atomic E-state index is 13.9. The van der Waals surface area contributed by atoms with Crippen molar-refractivity contribution in [2.45, 2.75) is 13.0 Å². The summed E-state index contributed by atoms with van der Waals surface area (Å²) in [4.78, 5) is 0. The van der Waals surface area contributed by atoms with E-state index in [1.165, 1.54) is 0 Å². The lowest BCUT2D eigenvalue weighted by Crippen LogP contribution is -2.06. The number of aliphatic hydroxyl groups excluding tert-OH is 1. The molecule has 2 nitrogen and oxygen atoms in total. The summed E-state index contributed by atoms with van der Waals surface area (Å²) < 4.78 is 32.8. The Morgan fingerprint density at radius 1 is 1.15 bits per heavy atom. The van der Waals surface area contributed by atoms with E-state index in [-0.39, 0.29) is 10.0 Å². The highest BCUT2D eigenvalue weighted by Gasteiger charge is 2.20. The minimum Gasteiger partial charge on any atom is -0.493 e. The van der Waals surface area contributed by atoms with Crippen LogP contribution in [0.4, 0.5) is 8.78 Å². The second-order valence-electron chi connectivity index (χ2n) is 4.16. The first-order valence-corrected chi connectivity index (χ1v) is 6.88. The largest absolute Gasteiger partial charge is 0.493 e. The van der Waals surface area contributed by atoms with Crippen molar-refractivity contribution in [2.75, 3.05) is 6.61 Å². The van der Waals surface area contributed by atoms with Gasteiger partial charge in [0.05, 0.1) is 11.1 Å². The van der Waals surface area contributed by atoms with Gasteiger partial charge in [-0.1, -0.05) is 18.2 Å². The van der Waals surface area contributed by atoms with Crippen molar-refractivity contribution in [1.29, 1.82) is 0 Å². The molecule has 5 heteroatoms. The predicted octanol–water partition coefficient (Wildman–Crippen LogP) is 4.21. The molecule has 20 heavy (non-hydrogen) atoms. The van der Waals surface area contributed by atoms with Crippen molar-refractivity contribution in [3.63, 3.8) is 0 Å². The van der Waals surface area contributed by atoms with Crippen LogP contribution < -0.4 is 4.74 Å². The molecule has 0 amide bonds. The monoisotopic (exact) mass is 342 g/mol. The first-order valence-electron chi connectivity index (χ1n) is 6.08. The van der Waals surface area contributed by atoms with Gasteiger partial charge in [-0.05, 0) is 41.1 Å². The van der Waals surface area contributed by atoms with Crippen molar-refractivity contribution in [3.05, 3.63) is 63.6 Å². The number of ether oxygens (including phenoxy) is 1. The van der Waals surface area contributed by atoms with Crippen molar-refractivity contribution in [1.82, 2.24) is 0 Å². The molecule has 1 unspecified atom stereocenters. The Bertz CT molecular complexity index is 617. The van der Waals surface area contributed by atoms with Gasteiger partial charge in [0.2, 0.25) is 0 Å². The maximum Gasteiger partial charge on any atom is 0.137 e. The molecule has 0 saturated heterocycles. The predicted molar refractivity (Wildman–Crippen MR) is 75.7 cm³/mol. The van der Waals surface area contributed by atoms with Gasteiger partial charge >= 0.3 is 0 Å². The Morgan fingerprint density at radius 3 is 2.55 bits per heavy atom. The lowest BCUT2D eigenvalue weighted by Gasteiger charge is -2.17. The average Bonchev–Trinajstić information content (AvgIpc) is 2.43. The first kappa shape index (κ1) is 14.9. The molecule has 0 aliphatic carbocycles. The van der Waals surface area contributed by atoms with Crippen LogP contribution in [0.5, 0.6) is 5.75 Å². The normalized spacial score (nSPS) is 12.2. The van der Waals surface area contributed by atoms with Gasteiger partial charge in [-0.2, -0.15) is 0 Å². The third kappa shape index (κ3) is 2.99. The van der Waals surface area contributed by atoms with Crippen molar-refractivity contribution >= 4 is 15.9 Å². The molecular formula is C15H13BrF2O2. The van der Waals surface area contributed by atoms with E-state index in [0.717, 1.165) is 12.1 Å². The molecule has 2 aromatic carbocycles. The first-order chi connectivity index (χ1) is 9.54. The van der Waals surface area contributed by atoms with E-state index in [2.05, 4.69) is 15.9 Å². The second-order valence-corrected chi connectivity index (χ2v) is 5.02. The SMILES string of the molecule is CCOc1ccccc1C(O)c1cc(F)c(Br)cc1F. The van der Waals surface area contributed by atoms with Gasteiger partial charge in [0, 0.05) is 11.1 Å². The van der Waals surface area contributed by atoms with Crippen LogP contribution in [0.15, 0.2) is 40.9 Å². The topological polar surface area (TPSA) is 29.5 Å². The molecule has 0 heterocycles. The van der Waals surface area contributed by atoms with Crippen LogP contribution in [0.2, 0.25) is 0 Å². The van der Waals surface area contributed by atoms with E-state index in [0.29, 0.717) is 17.9 Å². The summed E-state index contributed by atoms with van der Waals surface area (Å²) in [7, 11) is 0. The number of hydrogen-bond acceptors (Lipinski definition) is 2. The van der Waals surface area contributed by atoms with Crippen molar-refractivity contribution in [3.8, 4) is 5.75 Å². The summed E-state index contributed by atoms with van der Waals surface area (Å²) in [6, 6.07) is 8.72. The zero-order valence-electron chi connectivity index (χ0n) is 10.7. The van der Waals surface area contributed by atoms with Crippen LogP contribution in [0.1, 0.15) is 24.2 Å². The van der Waals surface area contributed by atoms with Gasteiger partial charge in [0.1, 0.15) is 23.5 Å². The fourth-order valence-electron chi connectivity index (χ4n) is 1.91. The molecular weight excluding hydrogens is 330 g/mol. The fourth-order valence-corrected chi connectivity index (χ4v) is 2.22. The average molecular weight is 343 g/mol. The Balaban J connectivity index is 2.46. The van der Waals surface area contributed by atoms with E-state index in [1.807, 2.05) is 6.92 Å². The van der Waals surface area contributed by atoms with Gasteiger partial charge in [-0.3, -0.25) is 0 Å². The van der Waals surface area contributed by atoms with Crippen LogP contribution >= 0.6 is 15.9 Å². The third-order valence-corrected chi connectivity index (χ3v) is 3.46. The number of aliphatic hydroxyl groups is 1. The van der Waals surface area contributed by atoms with E-state index >= 15 is 0 Å². The maximum atomic E-state index is 13.9. The summed E-state index contributed by atoms with van der Waals surface area (Å²) in [5.41, 5.74) is 0.271. The Morgan fingerprint density at radius 2 is 1.85 bits per heavy atom. The van der Waals surface area contributed by atoms with Gasteiger partial charge in [0.25, 0.3) is 0 Å². The number of halogens is 3. The van der Waals surface area contributed by atoms with Crippen LogP contribution in [-0.2, 0) is 0 Å². The fraction of sp³-hybridized carbons (Fsp3) is 0.200. The summed E-state index contributed by atoms with van der Waals surface area (Å²) in [5.74, 6) is -0.864. The highest BCUT2D eigenvalue weighted by atomic mass is 79.9. The highest BCUT2D eigenvalue weighted by molar-refractivity contribution is 9.10. The lowest BCUT2D eigenvalue weighted by molar-refractivity contribution is 0.206. The molecule has 2 rings (SSSR count). The minimum absolute atomic E-state index is 0.0176. The number of para-hydroxylation sites is 1. The molecule has 0 aromatic heterocycles. The molecule has 0 spiro atoms. The highest BCUT2D eigenvalue weighted by Crippen LogP contribution is 2.33. The smallest absolute Gasteiger partial charge is 0.137 e. The standard InChI is InChI=1S/C15H13BrF2O2/c1-2-20-14-6-4-3-5-9(14)15(19)10-7-13(18)11(16)8-12(10)17/h3-8,15,19H,2H2,1H3. The van der Waals surface area contributed by atoms with E-state index < -0.39 is 17.7 Å². The third-order valence-electron chi connectivity index (χ3n) is 2.85. The quantitative estimate of drug-likeness (QED) is 0.843. The van der Waals surface area contributed by atoms with Crippen molar-refractivity contribution < 1.29 is 18.6 Å². The summed E-state index contributed by atoms with van der Waals surface area (Å²) in [5, 5.41) is 10.3. The van der Waals surface area contributed by atoms with E-state index in [4.69, 9.17) is 4.74 Å². The zero-order chi connectivity index (χ0) is 14.7. The molecule has 106 valence electrons. The molecule has 1 atom stereocenters. The van der Waals surface area contributed by atoms with Crippen LogP contribution in [0.25, 0.3) is 0 Å². The lowest BCUT2D eigenvalue weighted by atomic mass is 10.00. The van der Waals surface area contributed by atoms with Gasteiger partial charge in [0.15, 0.2) is 0 Å². The number of hydrogen-bond donors (Lipinski definition) is 1. The van der Waals surface area contributed by atoms with Gasteiger partial charge < -0.3 is 9.84 Å². The van der Waals surface area contributed by atoms with Gasteiger partial charge in [-0.15, -0.1) is 0 Å². The number of rotatable bonds is 4. The second kappa shape index (κ2) is 6.33. The zero-order valence-corrected chi connectivity index (χ0v) is 12.3. The van der Waals surface area contributed by atoms with Crippen LogP contribution in [0.3, 0.4) is 0 Å². The van der Waals surface area contributed by atoms with Crippen LogP contribution in [-0.4, -0.2) is 11.7 Å². The molecule has 0 fully saturated rings. The molecule has 2 aromatic rings. The number of benzene rings is 2. The molecule has 0 bridgehead atoms. The summed E-state index contributed by atoms with van der Waals surface area (Å²) in [6.07, 6.45) is -1.29. The Labute approximate surface area is 124 Å². The minimum atomic E-state index is -1.29. The van der Waals surface area contributed by atoms with Crippen molar-refractivity contribution in [2.24, 2.45) is 0 Å².